The molecule has 0 fully saturated rings. The average Bonchev–Trinajstić information content (AvgIpc) is 2.29. The Morgan fingerprint density at radius 1 is 1.47 bits per heavy atom. The van der Waals surface area contributed by atoms with Gasteiger partial charge in [0.1, 0.15) is 11.9 Å². The summed E-state index contributed by atoms with van der Waals surface area (Å²) in [5, 5.41) is 11.3. The Morgan fingerprint density at radius 3 is 2.58 bits per heavy atom. The van der Waals surface area contributed by atoms with Crippen LogP contribution in [0.25, 0.3) is 0 Å². The Morgan fingerprint density at radius 2 is 2.11 bits per heavy atom. The molecule has 0 aliphatic heterocycles. The molecule has 1 aromatic rings. The highest BCUT2D eigenvalue weighted by Crippen LogP contribution is 2.33. The monoisotopic (exact) mass is 275 g/mol. The Bertz CT molecular complexity index is 519. The van der Waals surface area contributed by atoms with Crippen LogP contribution in [0.2, 0.25) is 0 Å². The van der Waals surface area contributed by atoms with Crippen molar-refractivity contribution in [3.8, 4) is 12.3 Å². The maximum absolute atomic E-state index is 13.1. The summed E-state index contributed by atoms with van der Waals surface area (Å²) in [6.45, 7) is -0.143. The van der Waals surface area contributed by atoms with Crippen LogP contribution in [0.15, 0.2) is 18.2 Å². The van der Waals surface area contributed by atoms with Crippen LogP contribution >= 0.6 is 0 Å². The maximum Gasteiger partial charge on any atom is 0.419 e. The van der Waals surface area contributed by atoms with Gasteiger partial charge in [0.05, 0.1) is 12.1 Å². The smallest absolute Gasteiger partial charge is 0.419 e. The fourth-order valence-electron chi connectivity index (χ4n) is 1.45. The molecule has 0 bridgehead atoms. The third-order valence-electron chi connectivity index (χ3n) is 2.28. The number of rotatable bonds is 4. The normalized spacial score (nSPS) is 12.8. The SMILES string of the molecule is C#CCNC(C(=O)O)c1ccc(F)c(C(F)(F)F)c1. The highest BCUT2D eigenvalue weighted by atomic mass is 19.4. The van der Waals surface area contributed by atoms with Gasteiger partial charge in [-0.15, -0.1) is 6.42 Å². The van der Waals surface area contributed by atoms with Gasteiger partial charge in [0.25, 0.3) is 0 Å². The Hall–Kier alpha value is -2.07. The summed E-state index contributed by atoms with van der Waals surface area (Å²) in [5.74, 6) is -0.760. The van der Waals surface area contributed by atoms with Crippen molar-refractivity contribution in [3.05, 3.63) is 35.1 Å². The Balaban J connectivity index is 3.19. The summed E-state index contributed by atoms with van der Waals surface area (Å²) in [7, 11) is 0. The number of nitrogens with one attached hydrogen (secondary N) is 1. The molecule has 1 aromatic carbocycles. The minimum atomic E-state index is -4.89. The summed E-state index contributed by atoms with van der Waals surface area (Å²) < 4.78 is 50.6. The molecule has 0 aromatic heterocycles. The zero-order chi connectivity index (χ0) is 14.6. The first kappa shape index (κ1) is 15.0. The molecular formula is C12H9F4NO2. The van der Waals surface area contributed by atoms with Crippen molar-refractivity contribution in [3.63, 3.8) is 0 Å². The second kappa shape index (κ2) is 5.71. The van der Waals surface area contributed by atoms with Crippen LogP contribution in [-0.4, -0.2) is 17.6 Å². The molecule has 0 saturated heterocycles. The first-order valence-corrected chi connectivity index (χ1v) is 5.03. The van der Waals surface area contributed by atoms with E-state index in [0.717, 1.165) is 6.07 Å². The molecule has 3 nitrogen and oxygen atoms in total. The molecule has 7 heteroatoms. The lowest BCUT2D eigenvalue weighted by Gasteiger charge is -2.15. The number of aliphatic carboxylic acids is 1. The molecule has 0 heterocycles. The number of carboxylic acid groups (broad SMARTS) is 1. The van der Waals surface area contributed by atoms with E-state index in [1.165, 1.54) is 0 Å². The second-order valence-electron chi connectivity index (χ2n) is 3.59. The highest BCUT2D eigenvalue weighted by Gasteiger charge is 2.35. The van der Waals surface area contributed by atoms with Crippen LogP contribution in [0.5, 0.6) is 0 Å². The van der Waals surface area contributed by atoms with Crippen LogP contribution in [0.4, 0.5) is 17.6 Å². The Kier molecular flexibility index (Phi) is 4.51. The predicted molar refractivity (Wildman–Crippen MR) is 58.6 cm³/mol. The molecule has 0 amide bonds. The fourth-order valence-corrected chi connectivity index (χ4v) is 1.45. The summed E-state index contributed by atoms with van der Waals surface area (Å²) >= 11 is 0. The van der Waals surface area contributed by atoms with E-state index >= 15 is 0 Å². The predicted octanol–water partition coefficient (Wildman–Crippen LogP) is 2.19. The zero-order valence-corrected chi connectivity index (χ0v) is 9.46. The largest absolute Gasteiger partial charge is 0.480 e. The number of hydrogen-bond donors (Lipinski definition) is 2. The van der Waals surface area contributed by atoms with Gasteiger partial charge in [-0.05, 0) is 17.7 Å². The third-order valence-corrected chi connectivity index (χ3v) is 2.28. The average molecular weight is 275 g/mol. The topological polar surface area (TPSA) is 49.3 Å². The van der Waals surface area contributed by atoms with Crippen LogP contribution in [0, 0.1) is 18.2 Å². The zero-order valence-electron chi connectivity index (χ0n) is 9.46. The molecule has 102 valence electrons. The van der Waals surface area contributed by atoms with Crippen molar-refractivity contribution in [2.75, 3.05) is 6.54 Å². The first-order valence-electron chi connectivity index (χ1n) is 5.03. The maximum atomic E-state index is 13.1. The minimum absolute atomic E-state index is 0.143. The van der Waals surface area contributed by atoms with Crippen LogP contribution < -0.4 is 5.32 Å². The molecule has 1 atom stereocenters. The molecule has 0 aliphatic rings. The van der Waals surface area contributed by atoms with E-state index in [4.69, 9.17) is 11.5 Å². The van der Waals surface area contributed by atoms with Gasteiger partial charge < -0.3 is 5.11 Å². The molecule has 1 rings (SSSR count). The van der Waals surface area contributed by atoms with Gasteiger partial charge in [-0.1, -0.05) is 12.0 Å². The van der Waals surface area contributed by atoms with Gasteiger partial charge >= 0.3 is 12.1 Å². The summed E-state index contributed by atoms with van der Waals surface area (Å²) in [6.07, 6.45) is 0.0393. The van der Waals surface area contributed by atoms with E-state index in [-0.39, 0.29) is 12.1 Å². The molecule has 0 radical (unpaired) electrons. The number of benzene rings is 1. The van der Waals surface area contributed by atoms with E-state index in [2.05, 4.69) is 11.2 Å². The van der Waals surface area contributed by atoms with Gasteiger partial charge in [-0.3, -0.25) is 10.1 Å². The van der Waals surface area contributed by atoms with Gasteiger partial charge in [0.15, 0.2) is 0 Å². The van der Waals surface area contributed by atoms with E-state index in [9.17, 15) is 22.4 Å². The van der Waals surface area contributed by atoms with Crippen LogP contribution in [-0.2, 0) is 11.0 Å². The van der Waals surface area contributed by atoms with Gasteiger partial charge in [0, 0.05) is 0 Å². The van der Waals surface area contributed by atoms with Crippen LogP contribution in [0.3, 0.4) is 0 Å². The summed E-state index contributed by atoms with van der Waals surface area (Å²) in [4.78, 5) is 10.9. The number of terminal acetylenes is 1. The number of halogens is 4. The number of carbonyl (C=O) groups is 1. The van der Waals surface area contributed by atoms with Crippen molar-refractivity contribution in [2.24, 2.45) is 0 Å². The Labute approximate surface area is 106 Å². The van der Waals surface area contributed by atoms with Gasteiger partial charge in [-0.25, -0.2) is 4.39 Å². The standard InChI is InChI=1S/C12H9F4NO2/c1-2-5-17-10(11(18)19)7-3-4-9(13)8(6-7)12(14,15)16/h1,3-4,6,10,17H,5H2,(H,18,19). The minimum Gasteiger partial charge on any atom is -0.480 e. The molecule has 0 aliphatic carbocycles. The van der Waals surface area contributed by atoms with Crippen molar-refractivity contribution in [1.29, 1.82) is 0 Å². The van der Waals surface area contributed by atoms with E-state index < -0.39 is 29.6 Å². The van der Waals surface area contributed by atoms with Gasteiger partial charge in [0.2, 0.25) is 0 Å². The number of hydrogen-bond acceptors (Lipinski definition) is 2. The third kappa shape index (κ3) is 3.69. The number of alkyl halides is 3. The fraction of sp³-hybridized carbons (Fsp3) is 0.250. The molecule has 19 heavy (non-hydrogen) atoms. The van der Waals surface area contributed by atoms with E-state index in [0.29, 0.717) is 12.1 Å². The molecule has 2 N–H and O–H groups in total. The van der Waals surface area contributed by atoms with Crippen LogP contribution in [0.1, 0.15) is 17.2 Å². The van der Waals surface area contributed by atoms with Crippen molar-refractivity contribution < 1.29 is 27.5 Å². The van der Waals surface area contributed by atoms with Crippen molar-refractivity contribution in [1.82, 2.24) is 5.32 Å². The molecule has 1 unspecified atom stereocenters. The first-order chi connectivity index (χ1) is 8.77. The molecule has 0 saturated carbocycles. The summed E-state index contributed by atoms with van der Waals surface area (Å²) in [5.41, 5.74) is -1.74. The second-order valence-corrected chi connectivity index (χ2v) is 3.59. The molecule has 0 spiro atoms. The van der Waals surface area contributed by atoms with E-state index in [1.54, 1.807) is 0 Å². The quantitative estimate of drug-likeness (QED) is 0.654. The lowest BCUT2D eigenvalue weighted by Crippen LogP contribution is -2.29. The lowest BCUT2D eigenvalue weighted by atomic mass is 10.0. The van der Waals surface area contributed by atoms with Gasteiger partial charge in [-0.2, -0.15) is 13.2 Å². The highest BCUT2D eigenvalue weighted by molar-refractivity contribution is 5.75. The lowest BCUT2D eigenvalue weighted by molar-refractivity contribution is -0.141. The molecular weight excluding hydrogens is 266 g/mol. The summed E-state index contributed by atoms with van der Waals surface area (Å²) in [6, 6.07) is 0.564. The van der Waals surface area contributed by atoms with Crippen molar-refractivity contribution in [2.45, 2.75) is 12.2 Å². The van der Waals surface area contributed by atoms with Crippen molar-refractivity contribution >= 4 is 5.97 Å². The van der Waals surface area contributed by atoms with E-state index in [1.807, 2.05) is 0 Å². The number of carboxylic acids is 1.